The molecule has 1 aliphatic rings. The van der Waals surface area contributed by atoms with Crippen molar-refractivity contribution in [2.45, 2.75) is 46.1 Å². The van der Waals surface area contributed by atoms with Gasteiger partial charge in [-0.05, 0) is 18.8 Å². The molecule has 1 rings (SSSR count). The Morgan fingerprint density at radius 1 is 1.30 bits per heavy atom. The van der Waals surface area contributed by atoms with Crippen LogP contribution in [0.1, 0.15) is 40.0 Å². The Hall–Kier alpha value is -1.59. The normalized spacial score (nSPS) is 19.2. The number of rotatable bonds is 5. The summed E-state index contributed by atoms with van der Waals surface area (Å²) in [6.45, 7) is 6.36. The third kappa shape index (κ3) is 4.21. The van der Waals surface area contributed by atoms with Gasteiger partial charge in [-0.15, -0.1) is 0 Å². The molecule has 0 aromatic heterocycles. The summed E-state index contributed by atoms with van der Waals surface area (Å²) in [6.07, 6.45) is 1.89. The maximum absolute atomic E-state index is 12.1. The minimum Gasteiger partial charge on any atom is -0.480 e. The Morgan fingerprint density at radius 3 is 2.25 bits per heavy atom. The van der Waals surface area contributed by atoms with Gasteiger partial charge in [0.15, 0.2) is 0 Å². The van der Waals surface area contributed by atoms with E-state index in [-0.39, 0.29) is 23.7 Å². The molecule has 1 heterocycles. The lowest BCUT2D eigenvalue weighted by molar-refractivity contribution is -0.144. The maximum Gasteiger partial charge on any atom is 0.326 e. The average molecular weight is 284 g/mol. The van der Waals surface area contributed by atoms with Gasteiger partial charge in [0.05, 0.1) is 0 Å². The summed E-state index contributed by atoms with van der Waals surface area (Å²) in [5, 5.41) is 11.8. The van der Waals surface area contributed by atoms with Gasteiger partial charge in [-0.1, -0.05) is 20.3 Å². The molecule has 6 heteroatoms. The predicted octanol–water partition coefficient (Wildman–Crippen LogP) is 0.860. The van der Waals surface area contributed by atoms with E-state index >= 15 is 0 Å². The Kier molecular flexibility index (Phi) is 5.98. The van der Waals surface area contributed by atoms with Crippen LogP contribution in [-0.2, 0) is 14.4 Å². The van der Waals surface area contributed by atoms with Crippen molar-refractivity contribution < 1.29 is 19.5 Å². The van der Waals surface area contributed by atoms with Crippen LogP contribution >= 0.6 is 0 Å². The number of hydrogen-bond acceptors (Lipinski definition) is 3. The number of carboxylic acids is 1. The topological polar surface area (TPSA) is 86.7 Å². The SMILES string of the molecule is CCC(C)C(NC(=O)C1CCN(C(C)=O)CC1)C(=O)O. The zero-order chi connectivity index (χ0) is 15.3. The molecule has 0 aromatic carbocycles. The molecule has 1 fully saturated rings. The van der Waals surface area contributed by atoms with Gasteiger partial charge in [-0.3, -0.25) is 9.59 Å². The molecule has 0 aromatic rings. The first-order valence-corrected chi connectivity index (χ1v) is 7.15. The molecule has 0 spiro atoms. The van der Waals surface area contributed by atoms with Crippen LogP contribution in [0.15, 0.2) is 0 Å². The highest BCUT2D eigenvalue weighted by atomic mass is 16.4. The largest absolute Gasteiger partial charge is 0.480 e. The third-order valence-electron chi connectivity index (χ3n) is 4.09. The van der Waals surface area contributed by atoms with Gasteiger partial charge < -0.3 is 15.3 Å². The van der Waals surface area contributed by atoms with Crippen molar-refractivity contribution in [3.05, 3.63) is 0 Å². The second-order valence-corrected chi connectivity index (χ2v) is 5.49. The summed E-state index contributed by atoms with van der Waals surface area (Å²) < 4.78 is 0. The number of carbonyl (C=O) groups is 3. The van der Waals surface area contributed by atoms with Gasteiger partial charge in [0, 0.05) is 25.9 Å². The highest BCUT2D eigenvalue weighted by Gasteiger charge is 2.31. The van der Waals surface area contributed by atoms with Crippen molar-refractivity contribution in [1.29, 1.82) is 0 Å². The smallest absolute Gasteiger partial charge is 0.326 e. The van der Waals surface area contributed by atoms with Gasteiger partial charge >= 0.3 is 5.97 Å². The molecular weight excluding hydrogens is 260 g/mol. The van der Waals surface area contributed by atoms with E-state index in [4.69, 9.17) is 5.11 Å². The van der Waals surface area contributed by atoms with Crippen molar-refractivity contribution in [3.8, 4) is 0 Å². The minimum absolute atomic E-state index is 0.0203. The number of hydrogen-bond donors (Lipinski definition) is 2. The minimum atomic E-state index is -0.992. The summed E-state index contributed by atoms with van der Waals surface area (Å²) in [5.41, 5.74) is 0. The molecule has 0 aliphatic carbocycles. The monoisotopic (exact) mass is 284 g/mol. The van der Waals surface area contributed by atoms with Gasteiger partial charge in [-0.2, -0.15) is 0 Å². The lowest BCUT2D eigenvalue weighted by Crippen LogP contribution is -2.49. The Morgan fingerprint density at radius 2 is 1.85 bits per heavy atom. The van der Waals surface area contributed by atoms with Gasteiger partial charge in [0.2, 0.25) is 11.8 Å². The molecule has 0 saturated carbocycles. The number of likely N-dealkylation sites (tertiary alicyclic amines) is 1. The summed E-state index contributed by atoms with van der Waals surface area (Å²) >= 11 is 0. The Balaban J connectivity index is 2.54. The summed E-state index contributed by atoms with van der Waals surface area (Å²) in [4.78, 5) is 36.3. The van der Waals surface area contributed by atoms with Gasteiger partial charge in [-0.25, -0.2) is 4.79 Å². The second-order valence-electron chi connectivity index (χ2n) is 5.49. The van der Waals surface area contributed by atoms with E-state index in [9.17, 15) is 14.4 Å². The molecule has 20 heavy (non-hydrogen) atoms. The van der Waals surface area contributed by atoms with Crippen LogP contribution in [-0.4, -0.2) is 46.9 Å². The van der Waals surface area contributed by atoms with Crippen LogP contribution in [0.2, 0.25) is 0 Å². The van der Waals surface area contributed by atoms with E-state index in [1.54, 1.807) is 4.90 Å². The number of carbonyl (C=O) groups excluding carboxylic acids is 2. The van der Waals surface area contributed by atoms with E-state index in [1.165, 1.54) is 6.92 Å². The molecule has 1 saturated heterocycles. The van der Waals surface area contributed by atoms with Crippen LogP contribution in [0, 0.1) is 11.8 Å². The molecule has 0 radical (unpaired) electrons. The molecule has 1 aliphatic heterocycles. The van der Waals surface area contributed by atoms with E-state index in [1.807, 2.05) is 13.8 Å². The summed E-state index contributed by atoms with van der Waals surface area (Å²) in [5.74, 6) is -1.48. The second kappa shape index (κ2) is 7.26. The molecule has 2 atom stereocenters. The van der Waals surface area contributed by atoms with Crippen LogP contribution in [0.4, 0.5) is 0 Å². The lowest BCUT2D eigenvalue weighted by Gasteiger charge is -2.31. The zero-order valence-corrected chi connectivity index (χ0v) is 12.4. The quantitative estimate of drug-likeness (QED) is 0.784. The molecule has 0 bridgehead atoms. The fourth-order valence-corrected chi connectivity index (χ4v) is 2.41. The van der Waals surface area contributed by atoms with Crippen molar-refractivity contribution in [3.63, 3.8) is 0 Å². The van der Waals surface area contributed by atoms with Crippen LogP contribution in [0.5, 0.6) is 0 Å². The Labute approximate surface area is 119 Å². The molecule has 2 amide bonds. The molecule has 2 N–H and O–H groups in total. The van der Waals surface area contributed by atoms with Crippen LogP contribution in [0.25, 0.3) is 0 Å². The third-order valence-corrected chi connectivity index (χ3v) is 4.09. The van der Waals surface area contributed by atoms with E-state index in [0.29, 0.717) is 32.4 Å². The average Bonchev–Trinajstić information content (AvgIpc) is 2.43. The zero-order valence-electron chi connectivity index (χ0n) is 12.4. The number of piperidine rings is 1. The highest BCUT2D eigenvalue weighted by molar-refractivity contribution is 5.85. The first kappa shape index (κ1) is 16.5. The Bertz CT molecular complexity index is 375. The van der Waals surface area contributed by atoms with Crippen molar-refractivity contribution in [2.24, 2.45) is 11.8 Å². The first-order chi connectivity index (χ1) is 9.36. The molecule has 2 unspecified atom stereocenters. The number of carboxylic acid groups (broad SMARTS) is 1. The van der Waals surface area contributed by atoms with Crippen molar-refractivity contribution >= 4 is 17.8 Å². The van der Waals surface area contributed by atoms with Crippen LogP contribution < -0.4 is 5.32 Å². The van der Waals surface area contributed by atoms with Gasteiger partial charge in [0.1, 0.15) is 6.04 Å². The fourth-order valence-electron chi connectivity index (χ4n) is 2.41. The molecule has 114 valence electrons. The molecular formula is C14H24N2O4. The fraction of sp³-hybridized carbons (Fsp3) is 0.786. The number of nitrogens with one attached hydrogen (secondary N) is 1. The molecule has 6 nitrogen and oxygen atoms in total. The van der Waals surface area contributed by atoms with E-state index in [2.05, 4.69) is 5.32 Å². The summed E-state index contributed by atoms with van der Waals surface area (Å²) in [7, 11) is 0. The lowest BCUT2D eigenvalue weighted by atomic mass is 9.93. The van der Waals surface area contributed by atoms with Crippen molar-refractivity contribution in [2.75, 3.05) is 13.1 Å². The van der Waals surface area contributed by atoms with Gasteiger partial charge in [0.25, 0.3) is 0 Å². The van der Waals surface area contributed by atoms with E-state index in [0.717, 1.165) is 0 Å². The standard InChI is InChI=1S/C14H24N2O4/c1-4-9(2)12(14(19)20)15-13(18)11-5-7-16(8-6-11)10(3)17/h9,11-12H,4-8H2,1-3H3,(H,15,18)(H,19,20). The van der Waals surface area contributed by atoms with Crippen LogP contribution in [0.3, 0.4) is 0 Å². The predicted molar refractivity (Wildman–Crippen MR) is 74.0 cm³/mol. The van der Waals surface area contributed by atoms with Crippen molar-refractivity contribution in [1.82, 2.24) is 10.2 Å². The highest BCUT2D eigenvalue weighted by Crippen LogP contribution is 2.18. The number of nitrogens with zero attached hydrogens (tertiary/aromatic N) is 1. The number of amides is 2. The number of aliphatic carboxylic acids is 1. The summed E-state index contributed by atoms with van der Waals surface area (Å²) in [6, 6.07) is -0.835. The maximum atomic E-state index is 12.1. The van der Waals surface area contributed by atoms with E-state index < -0.39 is 12.0 Å². The first-order valence-electron chi connectivity index (χ1n) is 7.15.